The maximum Gasteiger partial charge on any atom is 0.312 e. The van der Waals surface area contributed by atoms with Crippen molar-refractivity contribution in [3.8, 4) is 11.3 Å². The highest BCUT2D eigenvalue weighted by Gasteiger charge is 2.39. The lowest BCUT2D eigenvalue weighted by molar-refractivity contribution is -0.384. The molecule has 0 saturated carbocycles. The first-order chi connectivity index (χ1) is 13.5. The zero-order chi connectivity index (χ0) is 19.8. The average molecular weight is 379 g/mol. The molecule has 1 aromatic heterocycles. The van der Waals surface area contributed by atoms with Crippen molar-refractivity contribution in [2.75, 3.05) is 11.4 Å². The first-order valence-corrected chi connectivity index (χ1v) is 8.31. The minimum absolute atomic E-state index is 0.0224. The smallest absolute Gasteiger partial charge is 0.312 e. The molecule has 1 N–H and O–H groups in total. The number of aromatic nitrogens is 1. The zero-order valence-corrected chi connectivity index (χ0v) is 14.3. The summed E-state index contributed by atoms with van der Waals surface area (Å²) in [4.78, 5) is 36.2. The van der Waals surface area contributed by atoms with E-state index in [1.807, 2.05) is 18.2 Å². The molecule has 0 fully saturated rings. The Balaban J connectivity index is 1.69. The Bertz CT molecular complexity index is 1090. The van der Waals surface area contributed by atoms with E-state index in [1.54, 1.807) is 12.1 Å². The van der Waals surface area contributed by atoms with Crippen LogP contribution in [-0.2, 0) is 4.79 Å². The summed E-state index contributed by atoms with van der Waals surface area (Å²) < 4.78 is 5.24. The Hall–Kier alpha value is -4.01. The van der Waals surface area contributed by atoms with Gasteiger partial charge in [-0.2, -0.15) is 0 Å². The second-order valence-electron chi connectivity index (χ2n) is 6.25. The van der Waals surface area contributed by atoms with Crippen LogP contribution >= 0.6 is 0 Å². The van der Waals surface area contributed by atoms with E-state index in [0.29, 0.717) is 11.4 Å². The van der Waals surface area contributed by atoms with Crippen molar-refractivity contribution < 1.29 is 24.1 Å². The van der Waals surface area contributed by atoms with Gasteiger partial charge in [0.05, 0.1) is 4.92 Å². The molecular weight excluding hydrogens is 366 g/mol. The molecule has 0 saturated heterocycles. The molecule has 1 unspecified atom stereocenters. The predicted octanol–water partition coefficient (Wildman–Crippen LogP) is 3.08. The van der Waals surface area contributed by atoms with Crippen molar-refractivity contribution >= 4 is 23.3 Å². The average Bonchev–Trinajstić information content (AvgIpc) is 3.33. The SMILES string of the molecule is O=C(O)C1CN(C(=O)c2cc(-c3ccccc3)on2)c2ccc([N+](=O)[O-])cc21. The first-order valence-electron chi connectivity index (χ1n) is 8.31. The normalized spacial score (nSPS) is 15.3. The topological polar surface area (TPSA) is 127 Å². The molecule has 28 heavy (non-hydrogen) atoms. The number of hydrogen-bond acceptors (Lipinski definition) is 6. The van der Waals surface area contributed by atoms with Gasteiger partial charge in [-0.3, -0.25) is 19.7 Å². The molecule has 2 heterocycles. The highest BCUT2D eigenvalue weighted by atomic mass is 16.6. The lowest BCUT2D eigenvalue weighted by Gasteiger charge is -2.15. The Morgan fingerprint density at radius 1 is 1.18 bits per heavy atom. The number of nitro groups is 1. The molecule has 1 aliphatic rings. The quantitative estimate of drug-likeness (QED) is 0.545. The molecule has 9 heteroatoms. The van der Waals surface area contributed by atoms with Gasteiger partial charge in [0, 0.05) is 36.0 Å². The number of aliphatic carboxylic acids is 1. The third-order valence-electron chi connectivity index (χ3n) is 4.58. The van der Waals surface area contributed by atoms with Crippen molar-refractivity contribution in [2.45, 2.75) is 5.92 Å². The van der Waals surface area contributed by atoms with Gasteiger partial charge in [-0.25, -0.2) is 0 Å². The van der Waals surface area contributed by atoms with E-state index in [4.69, 9.17) is 4.52 Å². The Morgan fingerprint density at radius 2 is 1.93 bits per heavy atom. The molecule has 2 aromatic carbocycles. The van der Waals surface area contributed by atoms with Crippen LogP contribution in [0.25, 0.3) is 11.3 Å². The van der Waals surface area contributed by atoms with Crippen molar-refractivity contribution in [2.24, 2.45) is 0 Å². The van der Waals surface area contributed by atoms with Gasteiger partial charge in [0.2, 0.25) is 0 Å². The monoisotopic (exact) mass is 379 g/mol. The van der Waals surface area contributed by atoms with E-state index in [2.05, 4.69) is 5.16 Å². The van der Waals surface area contributed by atoms with Crippen LogP contribution in [0.5, 0.6) is 0 Å². The number of hydrogen-bond donors (Lipinski definition) is 1. The summed E-state index contributed by atoms with van der Waals surface area (Å²) in [7, 11) is 0. The lowest BCUT2D eigenvalue weighted by atomic mass is 10.0. The molecule has 140 valence electrons. The maximum atomic E-state index is 12.9. The highest BCUT2D eigenvalue weighted by Crippen LogP contribution is 2.39. The van der Waals surface area contributed by atoms with E-state index < -0.39 is 22.7 Å². The number of carboxylic acids is 1. The molecule has 1 amide bonds. The van der Waals surface area contributed by atoms with E-state index in [0.717, 1.165) is 5.56 Å². The third kappa shape index (κ3) is 2.88. The number of anilines is 1. The van der Waals surface area contributed by atoms with Gasteiger partial charge in [-0.05, 0) is 11.6 Å². The number of carbonyl (C=O) groups is 2. The summed E-state index contributed by atoms with van der Waals surface area (Å²) in [6, 6.07) is 14.4. The number of fused-ring (bicyclic) bond motifs is 1. The first kappa shape index (κ1) is 17.4. The molecule has 1 atom stereocenters. The van der Waals surface area contributed by atoms with Crippen LogP contribution in [0, 0.1) is 10.1 Å². The van der Waals surface area contributed by atoms with Crippen molar-refractivity contribution in [3.05, 3.63) is 76.0 Å². The molecular formula is C19H13N3O6. The standard InChI is InChI=1S/C19H13N3O6/c23-18(15-9-17(28-20-15)11-4-2-1-3-5-11)21-10-14(19(24)25)13-8-12(22(26)27)6-7-16(13)21/h1-9,14H,10H2,(H,24,25). The van der Waals surface area contributed by atoms with Crippen LogP contribution < -0.4 is 4.90 Å². The molecule has 9 nitrogen and oxygen atoms in total. The van der Waals surface area contributed by atoms with Crippen LogP contribution in [0.2, 0.25) is 0 Å². The second kappa shape index (κ2) is 6.62. The van der Waals surface area contributed by atoms with E-state index in [-0.39, 0.29) is 23.5 Å². The molecule has 1 aliphatic heterocycles. The minimum atomic E-state index is -1.16. The Morgan fingerprint density at radius 3 is 2.61 bits per heavy atom. The van der Waals surface area contributed by atoms with Gasteiger partial charge in [-0.1, -0.05) is 35.5 Å². The van der Waals surface area contributed by atoms with Crippen LogP contribution in [0.4, 0.5) is 11.4 Å². The summed E-state index contributed by atoms with van der Waals surface area (Å²) in [5.41, 5.74) is 1.07. The Labute approximate surface area is 157 Å². The largest absolute Gasteiger partial charge is 0.481 e. The van der Waals surface area contributed by atoms with Gasteiger partial charge < -0.3 is 14.5 Å². The van der Waals surface area contributed by atoms with Gasteiger partial charge in [0.15, 0.2) is 11.5 Å². The molecule has 0 aliphatic carbocycles. The van der Waals surface area contributed by atoms with Crippen molar-refractivity contribution in [1.82, 2.24) is 5.16 Å². The van der Waals surface area contributed by atoms with Crippen molar-refractivity contribution in [3.63, 3.8) is 0 Å². The number of rotatable bonds is 4. The maximum absolute atomic E-state index is 12.9. The highest BCUT2D eigenvalue weighted by molar-refractivity contribution is 6.08. The van der Waals surface area contributed by atoms with Gasteiger partial charge in [-0.15, -0.1) is 0 Å². The fourth-order valence-electron chi connectivity index (χ4n) is 3.22. The van der Waals surface area contributed by atoms with Crippen LogP contribution in [0.15, 0.2) is 59.1 Å². The predicted molar refractivity (Wildman–Crippen MR) is 97.1 cm³/mol. The van der Waals surface area contributed by atoms with E-state index in [1.165, 1.54) is 29.2 Å². The third-order valence-corrected chi connectivity index (χ3v) is 4.58. The lowest BCUT2D eigenvalue weighted by Crippen LogP contribution is -2.31. The summed E-state index contributed by atoms with van der Waals surface area (Å²) in [6.45, 7) is -0.141. The Kier molecular flexibility index (Phi) is 4.11. The molecule has 0 radical (unpaired) electrons. The number of nitrogens with zero attached hydrogens (tertiary/aromatic N) is 3. The zero-order valence-electron chi connectivity index (χ0n) is 14.3. The number of amides is 1. The molecule has 0 spiro atoms. The number of carboxylic acid groups (broad SMARTS) is 1. The molecule has 0 bridgehead atoms. The van der Waals surface area contributed by atoms with Crippen LogP contribution in [0.1, 0.15) is 22.0 Å². The summed E-state index contributed by atoms with van der Waals surface area (Å²) in [5, 5.41) is 24.3. The minimum Gasteiger partial charge on any atom is -0.481 e. The van der Waals surface area contributed by atoms with Gasteiger partial charge in [0.1, 0.15) is 5.92 Å². The van der Waals surface area contributed by atoms with Gasteiger partial charge in [0.25, 0.3) is 11.6 Å². The number of benzene rings is 2. The number of nitro benzene ring substituents is 1. The summed E-state index contributed by atoms with van der Waals surface area (Å²) in [6.07, 6.45) is 0. The fraction of sp³-hybridized carbons (Fsp3) is 0.105. The van der Waals surface area contributed by atoms with Crippen molar-refractivity contribution in [1.29, 1.82) is 0 Å². The molecule has 4 rings (SSSR count). The second-order valence-corrected chi connectivity index (χ2v) is 6.25. The number of carbonyl (C=O) groups excluding carboxylic acids is 1. The summed E-state index contributed by atoms with van der Waals surface area (Å²) >= 11 is 0. The van der Waals surface area contributed by atoms with Crippen LogP contribution in [-0.4, -0.2) is 33.6 Å². The van der Waals surface area contributed by atoms with Crippen LogP contribution in [0.3, 0.4) is 0 Å². The fourth-order valence-corrected chi connectivity index (χ4v) is 3.22. The van der Waals surface area contributed by atoms with E-state index >= 15 is 0 Å². The molecule has 3 aromatic rings. The van der Waals surface area contributed by atoms with E-state index in [9.17, 15) is 24.8 Å². The van der Waals surface area contributed by atoms with Gasteiger partial charge >= 0.3 is 5.97 Å². The summed E-state index contributed by atoms with van der Waals surface area (Å²) in [5.74, 6) is -2.35. The number of non-ortho nitro benzene ring substituents is 1.